The molecule has 2 heterocycles. The average molecular weight is 398 g/mol. The second-order valence-electron chi connectivity index (χ2n) is 7.25. The van der Waals surface area contributed by atoms with Crippen LogP contribution >= 0.6 is 11.6 Å². The zero-order chi connectivity index (χ0) is 19.5. The van der Waals surface area contributed by atoms with Crippen molar-refractivity contribution in [3.05, 3.63) is 59.4 Å². The first-order chi connectivity index (χ1) is 13.6. The van der Waals surface area contributed by atoms with Crippen LogP contribution < -0.4 is 4.74 Å². The van der Waals surface area contributed by atoms with Crippen LogP contribution in [0, 0.1) is 0 Å². The Kier molecular flexibility index (Phi) is 5.53. The fourth-order valence-corrected chi connectivity index (χ4v) is 4.00. The molecule has 0 aliphatic carbocycles. The first-order valence-electron chi connectivity index (χ1n) is 9.74. The summed E-state index contributed by atoms with van der Waals surface area (Å²) in [4.78, 5) is 19.7. The number of carbonyl (C=O) groups is 1. The van der Waals surface area contributed by atoms with Crippen LogP contribution in [-0.4, -0.2) is 32.9 Å². The highest BCUT2D eigenvalue weighted by molar-refractivity contribution is 6.32. The lowest BCUT2D eigenvalue weighted by molar-refractivity contribution is -0.135. The third-order valence-corrected chi connectivity index (χ3v) is 5.66. The van der Waals surface area contributed by atoms with E-state index in [-0.39, 0.29) is 19.1 Å². The Bertz CT molecular complexity index is 985. The SMILES string of the molecule is CC1CCCCN1C(=O)Cn1c(COc2ccccc2Cl)nc2ccccc21. The van der Waals surface area contributed by atoms with Crippen LogP contribution in [0.25, 0.3) is 11.0 Å². The summed E-state index contributed by atoms with van der Waals surface area (Å²) in [5.74, 6) is 1.47. The summed E-state index contributed by atoms with van der Waals surface area (Å²) < 4.78 is 7.87. The van der Waals surface area contributed by atoms with Gasteiger partial charge in [-0.25, -0.2) is 4.98 Å². The van der Waals surface area contributed by atoms with Crippen molar-refractivity contribution < 1.29 is 9.53 Å². The molecule has 1 amide bonds. The van der Waals surface area contributed by atoms with Crippen LogP contribution in [0.4, 0.5) is 0 Å². The lowest BCUT2D eigenvalue weighted by Gasteiger charge is -2.33. The fraction of sp³-hybridized carbons (Fsp3) is 0.364. The maximum absolute atomic E-state index is 13.0. The molecule has 0 saturated carbocycles. The molecule has 146 valence electrons. The zero-order valence-corrected chi connectivity index (χ0v) is 16.7. The van der Waals surface area contributed by atoms with E-state index in [1.165, 1.54) is 6.42 Å². The van der Waals surface area contributed by atoms with E-state index in [0.717, 1.165) is 36.2 Å². The van der Waals surface area contributed by atoms with Gasteiger partial charge >= 0.3 is 0 Å². The van der Waals surface area contributed by atoms with Crippen molar-refractivity contribution in [1.29, 1.82) is 0 Å². The maximum atomic E-state index is 13.0. The Morgan fingerprint density at radius 2 is 1.96 bits per heavy atom. The van der Waals surface area contributed by atoms with E-state index in [1.54, 1.807) is 6.07 Å². The predicted molar refractivity (Wildman–Crippen MR) is 111 cm³/mol. The molecule has 1 unspecified atom stereocenters. The van der Waals surface area contributed by atoms with Crippen molar-refractivity contribution in [3.63, 3.8) is 0 Å². The van der Waals surface area contributed by atoms with Crippen molar-refractivity contribution >= 4 is 28.5 Å². The number of piperidine rings is 1. The van der Waals surface area contributed by atoms with Crippen molar-refractivity contribution in [3.8, 4) is 5.75 Å². The van der Waals surface area contributed by atoms with E-state index in [9.17, 15) is 4.79 Å². The number of halogens is 1. The summed E-state index contributed by atoms with van der Waals surface area (Å²) in [6.45, 7) is 3.48. The molecule has 28 heavy (non-hydrogen) atoms. The molecule has 1 atom stereocenters. The Labute approximate surface area is 169 Å². The first kappa shape index (κ1) is 18.8. The van der Waals surface area contributed by atoms with Gasteiger partial charge in [0, 0.05) is 12.6 Å². The third-order valence-electron chi connectivity index (χ3n) is 5.34. The van der Waals surface area contributed by atoms with E-state index in [2.05, 4.69) is 6.92 Å². The minimum atomic E-state index is 0.134. The van der Waals surface area contributed by atoms with Gasteiger partial charge in [0.15, 0.2) is 0 Å². The van der Waals surface area contributed by atoms with Crippen LogP contribution in [0.2, 0.25) is 5.02 Å². The van der Waals surface area contributed by atoms with Gasteiger partial charge in [0.1, 0.15) is 24.7 Å². The van der Waals surface area contributed by atoms with Gasteiger partial charge in [-0.1, -0.05) is 35.9 Å². The standard InChI is InChI=1S/C22H24ClN3O2/c1-16-8-6-7-13-25(16)22(27)14-26-19-11-4-3-10-18(19)24-21(26)15-28-20-12-5-2-9-17(20)23/h2-5,9-12,16H,6-8,13-15H2,1H3. The highest BCUT2D eigenvalue weighted by Crippen LogP contribution is 2.25. The predicted octanol–water partition coefficient (Wildman–Crippen LogP) is 4.67. The number of rotatable bonds is 5. The van der Waals surface area contributed by atoms with Crippen molar-refractivity contribution in [2.45, 2.75) is 45.4 Å². The maximum Gasteiger partial charge on any atom is 0.242 e. The first-order valence-corrected chi connectivity index (χ1v) is 10.1. The summed E-state index contributed by atoms with van der Waals surface area (Å²) >= 11 is 6.20. The normalized spacial score (nSPS) is 17.1. The minimum Gasteiger partial charge on any atom is -0.484 e. The summed E-state index contributed by atoms with van der Waals surface area (Å²) in [6.07, 6.45) is 3.33. The quantitative estimate of drug-likeness (QED) is 0.628. The Morgan fingerprint density at radius 1 is 1.18 bits per heavy atom. The second-order valence-corrected chi connectivity index (χ2v) is 7.66. The number of aromatic nitrogens is 2. The minimum absolute atomic E-state index is 0.134. The van der Waals surface area contributed by atoms with Gasteiger partial charge in [-0.15, -0.1) is 0 Å². The van der Waals surface area contributed by atoms with Gasteiger partial charge in [-0.2, -0.15) is 0 Å². The molecule has 1 aliphatic heterocycles. The molecular formula is C22H24ClN3O2. The lowest BCUT2D eigenvalue weighted by Crippen LogP contribution is -2.43. The second kappa shape index (κ2) is 8.23. The largest absolute Gasteiger partial charge is 0.484 e. The fourth-order valence-electron chi connectivity index (χ4n) is 3.81. The summed E-state index contributed by atoms with van der Waals surface area (Å²) in [7, 11) is 0. The molecule has 3 aromatic rings. The number of hydrogen-bond acceptors (Lipinski definition) is 3. The van der Waals surface area contributed by atoms with E-state index >= 15 is 0 Å². The summed E-state index contributed by atoms with van der Waals surface area (Å²) in [5, 5.41) is 0.559. The van der Waals surface area contributed by atoms with Gasteiger partial charge in [-0.05, 0) is 50.5 Å². The zero-order valence-electron chi connectivity index (χ0n) is 16.0. The molecule has 2 aromatic carbocycles. The van der Waals surface area contributed by atoms with Gasteiger partial charge in [-0.3, -0.25) is 4.79 Å². The smallest absolute Gasteiger partial charge is 0.242 e. The van der Waals surface area contributed by atoms with Crippen molar-refractivity contribution in [2.24, 2.45) is 0 Å². The lowest BCUT2D eigenvalue weighted by atomic mass is 10.0. The van der Waals surface area contributed by atoms with E-state index < -0.39 is 0 Å². The average Bonchev–Trinajstić information content (AvgIpc) is 3.05. The van der Waals surface area contributed by atoms with Crippen LogP contribution in [0.1, 0.15) is 32.0 Å². The Hall–Kier alpha value is -2.53. The molecule has 1 fully saturated rings. The molecule has 1 aromatic heterocycles. The molecule has 0 bridgehead atoms. The Morgan fingerprint density at radius 3 is 2.79 bits per heavy atom. The summed E-state index contributed by atoms with van der Waals surface area (Å²) in [6, 6.07) is 15.5. The third kappa shape index (κ3) is 3.85. The topological polar surface area (TPSA) is 47.4 Å². The van der Waals surface area contributed by atoms with Crippen molar-refractivity contribution in [1.82, 2.24) is 14.5 Å². The molecule has 0 radical (unpaired) electrons. The number of fused-ring (bicyclic) bond motifs is 1. The molecule has 0 spiro atoms. The van der Waals surface area contributed by atoms with E-state index in [1.807, 2.05) is 51.9 Å². The number of imidazole rings is 1. The highest BCUT2D eigenvalue weighted by atomic mass is 35.5. The molecular weight excluding hydrogens is 374 g/mol. The van der Waals surface area contributed by atoms with Gasteiger partial charge in [0.05, 0.1) is 16.1 Å². The number of para-hydroxylation sites is 3. The number of benzene rings is 2. The van der Waals surface area contributed by atoms with Crippen LogP contribution in [0.5, 0.6) is 5.75 Å². The van der Waals surface area contributed by atoms with Crippen molar-refractivity contribution in [2.75, 3.05) is 6.54 Å². The van der Waals surface area contributed by atoms with E-state index in [0.29, 0.717) is 16.8 Å². The van der Waals surface area contributed by atoms with Crippen LogP contribution in [0.3, 0.4) is 0 Å². The Balaban J connectivity index is 1.60. The molecule has 5 nitrogen and oxygen atoms in total. The van der Waals surface area contributed by atoms with E-state index in [4.69, 9.17) is 21.3 Å². The van der Waals surface area contributed by atoms with Crippen LogP contribution in [0.15, 0.2) is 48.5 Å². The summed E-state index contributed by atoms with van der Waals surface area (Å²) in [5.41, 5.74) is 1.80. The molecule has 6 heteroatoms. The molecule has 0 N–H and O–H groups in total. The van der Waals surface area contributed by atoms with Gasteiger partial charge in [0.25, 0.3) is 0 Å². The molecule has 1 saturated heterocycles. The number of nitrogens with zero attached hydrogens (tertiary/aromatic N) is 3. The molecule has 4 rings (SSSR count). The number of amides is 1. The number of ether oxygens (including phenoxy) is 1. The number of hydrogen-bond donors (Lipinski definition) is 0. The monoisotopic (exact) mass is 397 g/mol. The van der Waals surface area contributed by atoms with Crippen LogP contribution in [-0.2, 0) is 17.9 Å². The molecule has 1 aliphatic rings. The van der Waals surface area contributed by atoms with Gasteiger partial charge in [0.2, 0.25) is 5.91 Å². The number of carbonyl (C=O) groups excluding carboxylic acids is 1. The number of likely N-dealkylation sites (tertiary alicyclic amines) is 1. The highest BCUT2D eigenvalue weighted by Gasteiger charge is 2.24. The van der Waals surface area contributed by atoms with Gasteiger partial charge < -0.3 is 14.2 Å².